The highest BCUT2D eigenvalue weighted by Gasteiger charge is 2.27. The maximum atomic E-state index is 11.8. The summed E-state index contributed by atoms with van der Waals surface area (Å²) in [7, 11) is 0. The molecule has 3 N–H and O–H groups in total. The molecule has 0 radical (unpaired) electrons. The maximum absolute atomic E-state index is 11.8. The molecule has 1 aromatic carbocycles. The van der Waals surface area contributed by atoms with Crippen LogP contribution in [0.4, 0.5) is 0 Å². The van der Waals surface area contributed by atoms with E-state index in [4.69, 9.17) is 22.1 Å². The van der Waals surface area contributed by atoms with Crippen LogP contribution in [0.15, 0.2) is 24.3 Å². The van der Waals surface area contributed by atoms with Gasteiger partial charge in [0.05, 0.1) is 0 Å². The van der Waals surface area contributed by atoms with Gasteiger partial charge in [-0.3, -0.25) is 4.79 Å². The van der Waals surface area contributed by atoms with Crippen molar-refractivity contribution in [3.63, 3.8) is 0 Å². The molecule has 0 heterocycles. The Balaban J connectivity index is 0.00000220. The van der Waals surface area contributed by atoms with Crippen molar-refractivity contribution in [1.82, 2.24) is 5.32 Å². The van der Waals surface area contributed by atoms with Gasteiger partial charge in [0.25, 0.3) is 5.91 Å². The molecule has 1 aliphatic rings. The summed E-state index contributed by atoms with van der Waals surface area (Å²) in [4.78, 5) is 11.8. The third-order valence-electron chi connectivity index (χ3n) is 3.67. The summed E-state index contributed by atoms with van der Waals surface area (Å²) < 4.78 is 5.38. The molecule has 6 heteroatoms. The molecule has 0 aliphatic heterocycles. The molecular weight excluding hydrogens is 311 g/mol. The van der Waals surface area contributed by atoms with Crippen LogP contribution in [0.3, 0.4) is 0 Å². The molecule has 21 heavy (non-hydrogen) atoms. The van der Waals surface area contributed by atoms with Gasteiger partial charge in [0.1, 0.15) is 5.75 Å². The van der Waals surface area contributed by atoms with E-state index >= 15 is 0 Å². The van der Waals surface area contributed by atoms with Crippen LogP contribution in [-0.2, 0) is 4.79 Å². The van der Waals surface area contributed by atoms with E-state index in [1.54, 1.807) is 24.3 Å². The Labute approximate surface area is 136 Å². The fourth-order valence-electron chi connectivity index (χ4n) is 2.44. The second-order valence-corrected chi connectivity index (χ2v) is 5.88. The number of ether oxygens (including phenoxy) is 1. The van der Waals surface area contributed by atoms with Gasteiger partial charge in [-0.05, 0) is 37.1 Å². The molecule has 118 valence electrons. The van der Waals surface area contributed by atoms with Crippen LogP contribution >= 0.6 is 24.0 Å². The molecule has 1 fully saturated rings. The number of carbonyl (C=O) groups excluding carboxylic acids is 1. The van der Waals surface area contributed by atoms with E-state index in [-0.39, 0.29) is 30.5 Å². The number of carbonyl (C=O) groups is 1. The van der Waals surface area contributed by atoms with Gasteiger partial charge in [-0.25, -0.2) is 0 Å². The number of halogens is 2. The first kappa shape index (κ1) is 18.1. The van der Waals surface area contributed by atoms with Crippen molar-refractivity contribution in [3.8, 4) is 5.75 Å². The zero-order valence-corrected chi connectivity index (χ0v) is 13.5. The first-order valence-electron chi connectivity index (χ1n) is 7.01. The Bertz CT molecular complexity index is 445. The number of benzene rings is 1. The lowest BCUT2D eigenvalue weighted by Crippen LogP contribution is -2.51. The van der Waals surface area contributed by atoms with Crippen molar-refractivity contribution < 1.29 is 9.53 Å². The molecule has 0 bridgehead atoms. The molecule has 1 amide bonds. The molecule has 2 rings (SSSR count). The second kappa shape index (κ2) is 8.47. The topological polar surface area (TPSA) is 64.3 Å². The number of amides is 1. The minimum atomic E-state index is -0.242. The number of hydrogen-bond donors (Lipinski definition) is 2. The van der Waals surface area contributed by atoms with Crippen LogP contribution in [0, 0.1) is 0 Å². The van der Waals surface area contributed by atoms with Gasteiger partial charge < -0.3 is 15.8 Å². The highest BCUT2D eigenvalue weighted by atomic mass is 35.5. The van der Waals surface area contributed by atoms with Gasteiger partial charge in [-0.2, -0.15) is 0 Å². The lowest BCUT2D eigenvalue weighted by atomic mass is 9.82. The molecule has 1 saturated carbocycles. The van der Waals surface area contributed by atoms with Crippen molar-refractivity contribution >= 4 is 29.9 Å². The minimum absolute atomic E-state index is 0. The first-order chi connectivity index (χ1) is 9.57. The number of hydrogen-bond acceptors (Lipinski definition) is 3. The largest absolute Gasteiger partial charge is 0.484 e. The fraction of sp³-hybridized carbons (Fsp3) is 0.533. The van der Waals surface area contributed by atoms with Crippen molar-refractivity contribution in [2.45, 2.75) is 37.6 Å². The third-order valence-corrected chi connectivity index (χ3v) is 3.92. The van der Waals surface area contributed by atoms with Crippen LogP contribution in [-0.4, -0.2) is 24.6 Å². The molecule has 0 spiro atoms. The number of nitrogens with one attached hydrogen (secondary N) is 1. The Kier molecular flexibility index (Phi) is 7.29. The second-order valence-electron chi connectivity index (χ2n) is 5.44. The van der Waals surface area contributed by atoms with Crippen molar-refractivity contribution in [1.29, 1.82) is 0 Å². The summed E-state index contributed by atoms with van der Waals surface area (Å²) in [6, 6.07) is 6.93. The lowest BCUT2D eigenvalue weighted by molar-refractivity contribution is -0.123. The fourth-order valence-corrected chi connectivity index (χ4v) is 2.56. The Morgan fingerprint density at radius 2 is 1.86 bits per heavy atom. The van der Waals surface area contributed by atoms with Gasteiger partial charge in [0.15, 0.2) is 6.61 Å². The number of rotatable bonds is 5. The molecule has 0 aromatic heterocycles. The molecule has 0 unspecified atom stereocenters. The van der Waals surface area contributed by atoms with Gasteiger partial charge >= 0.3 is 0 Å². The van der Waals surface area contributed by atoms with Crippen LogP contribution < -0.4 is 15.8 Å². The normalized spacial score (nSPS) is 16.7. The molecular formula is C15H22Cl2N2O2. The number of nitrogens with two attached hydrogens (primary N) is 1. The summed E-state index contributed by atoms with van der Waals surface area (Å²) >= 11 is 5.78. The van der Waals surface area contributed by atoms with E-state index in [0.717, 1.165) is 25.7 Å². The van der Waals surface area contributed by atoms with Gasteiger partial charge in [0.2, 0.25) is 0 Å². The standard InChI is InChI=1S/C15H21ClN2O2.ClH/c16-12-4-6-13(7-5-12)20-10-14(19)18-11-15(17)8-2-1-3-9-15;/h4-7H,1-3,8-11,17H2,(H,18,19);1H. The van der Waals surface area contributed by atoms with Crippen molar-refractivity contribution in [2.75, 3.05) is 13.2 Å². The highest BCUT2D eigenvalue weighted by molar-refractivity contribution is 6.30. The third kappa shape index (κ3) is 6.12. The zero-order chi connectivity index (χ0) is 14.4. The van der Waals surface area contributed by atoms with Gasteiger partial charge in [-0.15, -0.1) is 12.4 Å². The van der Waals surface area contributed by atoms with Crippen molar-refractivity contribution in [3.05, 3.63) is 29.3 Å². The van der Waals surface area contributed by atoms with Gasteiger partial charge in [-0.1, -0.05) is 30.9 Å². The van der Waals surface area contributed by atoms with E-state index in [9.17, 15) is 4.79 Å². The molecule has 4 nitrogen and oxygen atoms in total. The van der Waals surface area contributed by atoms with Crippen LogP contribution in [0.1, 0.15) is 32.1 Å². The van der Waals surface area contributed by atoms with E-state index < -0.39 is 0 Å². The maximum Gasteiger partial charge on any atom is 0.258 e. The Morgan fingerprint density at radius 1 is 1.24 bits per heavy atom. The molecule has 0 saturated heterocycles. The van der Waals surface area contributed by atoms with E-state index in [1.807, 2.05) is 0 Å². The Hall–Kier alpha value is -0.970. The Morgan fingerprint density at radius 3 is 2.48 bits per heavy atom. The van der Waals surface area contributed by atoms with E-state index in [1.165, 1.54) is 6.42 Å². The van der Waals surface area contributed by atoms with E-state index in [2.05, 4.69) is 5.32 Å². The average molecular weight is 333 g/mol. The monoisotopic (exact) mass is 332 g/mol. The quantitative estimate of drug-likeness (QED) is 0.871. The lowest BCUT2D eigenvalue weighted by Gasteiger charge is -2.33. The summed E-state index contributed by atoms with van der Waals surface area (Å²) in [5.41, 5.74) is 6.02. The average Bonchev–Trinajstić information content (AvgIpc) is 2.45. The zero-order valence-electron chi connectivity index (χ0n) is 11.9. The first-order valence-corrected chi connectivity index (χ1v) is 7.39. The van der Waals surface area contributed by atoms with Crippen LogP contribution in [0.2, 0.25) is 5.02 Å². The highest BCUT2D eigenvalue weighted by Crippen LogP contribution is 2.25. The summed E-state index contributed by atoms with van der Waals surface area (Å²) in [5.74, 6) is 0.486. The predicted molar refractivity (Wildman–Crippen MR) is 87.2 cm³/mol. The van der Waals surface area contributed by atoms with Crippen LogP contribution in [0.5, 0.6) is 5.75 Å². The predicted octanol–water partition coefficient (Wildman–Crippen LogP) is 2.92. The molecule has 0 atom stereocenters. The van der Waals surface area contributed by atoms with Crippen LogP contribution in [0.25, 0.3) is 0 Å². The van der Waals surface area contributed by atoms with Gasteiger partial charge in [0, 0.05) is 17.1 Å². The molecule has 1 aliphatic carbocycles. The summed E-state index contributed by atoms with van der Waals surface area (Å²) in [5, 5.41) is 3.50. The van der Waals surface area contributed by atoms with Crippen molar-refractivity contribution in [2.24, 2.45) is 5.73 Å². The van der Waals surface area contributed by atoms with E-state index in [0.29, 0.717) is 17.3 Å². The summed E-state index contributed by atoms with van der Waals surface area (Å²) in [6.07, 6.45) is 5.49. The summed E-state index contributed by atoms with van der Waals surface area (Å²) in [6.45, 7) is 0.521. The SMILES string of the molecule is Cl.NC1(CNC(=O)COc2ccc(Cl)cc2)CCCCC1. The minimum Gasteiger partial charge on any atom is -0.484 e. The molecule has 1 aromatic rings. The smallest absolute Gasteiger partial charge is 0.258 e.